The number of amides is 3. The summed E-state index contributed by atoms with van der Waals surface area (Å²) in [7, 11) is 1.51. The van der Waals surface area contributed by atoms with Crippen molar-refractivity contribution in [2.24, 2.45) is 10.9 Å². The summed E-state index contributed by atoms with van der Waals surface area (Å²) in [6.07, 6.45) is 0. The van der Waals surface area contributed by atoms with Crippen molar-refractivity contribution < 1.29 is 28.8 Å². The van der Waals surface area contributed by atoms with Crippen LogP contribution < -0.4 is 9.64 Å². The molecule has 3 aliphatic rings. The molecule has 3 amide bonds. The molecule has 174 valence electrons. The van der Waals surface area contributed by atoms with Gasteiger partial charge in [-0.1, -0.05) is 30.1 Å². The van der Waals surface area contributed by atoms with E-state index in [4.69, 9.17) is 4.74 Å². The predicted molar refractivity (Wildman–Crippen MR) is 123 cm³/mol. The number of nitrogens with zero attached hydrogens (tertiary/aromatic N) is 5. The molecule has 0 saturated carbocycles. The number of hydrogen-bond acceptors (Lipinski definition) is 6. The van der Waals surface area contributed by atoms with E-state index < -0.39 is 30.5 Å². The highest BCUT2D eigenvalue weighted by atomic mass is 16.5. The number of benzene rings is 2. The maximum absolute atomic E-state index is 13.2. The number of urea groups is 1. The van der Waals surface area contributed by atoms with Crippen LogP contribution in [0.15, 0.2) is 59.6 Å². The molecule has 10 heteroatoms. The summed E-state index contributed by atoms with van der Waals surface area (Å²) in [5.74, 6) is 0.699. The average Bonchev–Trinajstić information content (AvgIpc) is 3.20. The van der Waals surface area contributed by atoms with Crippen LogP contribution in [-0.2, 0) is 9.59 Å². The van der Waals surface area contributed by atoms with E-state index >= 15 is 0 Å². The number of guanidine groups is 1. The molecule has 0 aromatic heterocycles. The zero-order chi connectivity index (χ0) is 24.0. The molecule has 1 fully saturated rings. The van der Waals surface area contributed by atoms with Crippen molar-refractivity contribution in [3.05, 3.63) is 54.6 Å². The molecule has 0 bridgehead atoms. The number of carbonyl (C=O) groups is 3. The normalized spacial score (nSPS) is 21.9. The molecular formula is C24H24N5O5+. The number of hydrogen-bond donors (Lipinski definition) is 1. The van der Waals surface area contributed by atoms with Gasteiger partial charge in [0.25, 0.3) is 5.91 Å². The first-order chi connectivity index (χ1) is 16.3. The molecule has 1 saturated heterocycles. The number of carboxylic acid groups (broad SMARTS) is 1. The predicted octanol–water partition coefficient (Wildman–Crippen LogP) is 2.06. The van der Waals surface area contributed by atoms with Crippen molar-refractivity contribution >= 4 is 35.4 Å². The van der Waals surface area contributed by atoms with Crippen LogP contribution in [0.25, 0.3) is 0 Å². The first-order valence-electron chi connectivity index (χ1n) is 11.0. The minimum absolute atomic E-state index is 0.196. The Hall–Kier alpha value is -4.21. The Morgan fingerprint density at radius 3 is 2.47 bits per heavy atom. The van der Waals surface area contributed by atoms with Crippen LogP contribution in [0.5, 0.6) is 11.5 Å². The van der Waals surface area contributed by atoms with E-state index in [2.05, 4.69) is 11.9 Å². The lowest BCUT2D eigenvalue weighted by atomic mass is 10.1. The van der Waals surface area contributed by atoms with Gasteiger partial charge in [0, 0.05) is 13.0 Å². The largest absolute Gasteiger partial charge is 0.480 e. The van der Waals surface area contributed by atoms with Gasteiger partial charge in [0.1, 0.15) is 23.7 Å². The lowest BCUT2D eigenvalue weighted by molar-refractivity contribution is -0.545. The third kappa shape index (κ3) is 3.66. The zero-order valence-electron chi connectivity index (χ0n) is 18.8. The van der Waals surface area contributed by atoms with Crippen LogP contribution >= 0.6 is 0 Å². The van der Waals surface area contributed by atoms with Gasteiger partial charge in [0.15, 0.2) is 0 Å². The van der Waals surface area contributed by atoms with E-state index in [1.807, 2.05) is 64.1 Å². The molecule has 0 spiro atoms. The zero-order valence-corrected chi connectivity index (χ0v) is 18.8. The SMILES string of the molecule is CC1CN(c2ccc(Oc3ccccc3)cc2)C2=[N+](C1)C1C(=O)N(CC(=O)O)C(=O)N(C)C1=N2. The monoisotopic (exact) mass is 462 g/mol. The number of aliphatic carboxylic acids is 1. The second-order valence-corrected chi connectivity index (χ2v) is 8.61. The number of aliphatic imine (C=N–C) groups is 1. The van der Waals surface area contributed by atoms with Crippen molar-refractivity contribution in [2.45, 2.75) is 13.0 Å². The molecule has 2 aromatic carbocycles. The first-order valence-corrected chi connectivity index (χ1v) is 11.0. The number of para-hydroxylation sites is 1. The Labute approximate surface area is 196 Å². The molecule has 2 atom stereocenters. The third-order valence-electron chi connectivity index (χ3n) is 6.05. The van der Waals surface area contributed by atoms with Crippen LogP contribution in [0, 0.1) is 5.92 Å². The number of fused-ring (bicyclic) bond motifs is 2. The Kier molecular flexibility index (Phi) is 5.27. The third-order valence-corrected chi connectivity index (χ3v) is 6.05. The first kappa shape index (κ1) is 21.6. The van der Waals surface area contributed by atoms with Crippen LogP contribution in [0.3, 0.4) is 0 Å². The van der Waals surface area contributed by atoms with E-state index in [1.165, 1.54) is 11.9 Å². The molecule has 3 aliphatic heterocycles. The maximum atomic E-state index is 13.2. The number of imide groups is 1. The fraction of sp³-hybridized carbons (Fsp3) is 0.292. The Morgan fingerprint density at radius 2 is 1.79 bits per heavy atom. The molecule has 2 unspecified atom stereocenters. The summed E-state index contributed by atoms with van der Waals surface area (Å²) in [5.41, 5.74) is 0.874. The lowest BCUT2D eigenvalue weighted by Crippen LogP contribution is -2.64. The lowest BCUT2D eigenvalue weighted by Gasteiger charge is -2.34. The number of ether oxygens (including phenoxy) is 1. The topological polar surface area (TPSA) is 106 Å². The van der Waals surface area contributed by atoms with Gasteiger partial charge in [-0.05, 0) is 36.4 Å². The van der Waals surface area contributed by atoms with E-state index in [9.17, 15) is 19.5 Å². The maximum Gasteiger partial charge on any atom is 0.397 e. The van der Waals surface area contributed by atoms with Gasteiger partial charge in [0.2, 0.25) is 11.9 Å². The van der Waals surface area contributed by atoms with Gasteiger partial charge >= 0.3 is 18.0 Å². The summed E-state index contributed by atoms with van der Waals surface area (Å²) in [6.45, 7) is 2.63. The van der Waals surface area contributed by atoms with E-state index in [1.54, 1.807) is 0 Å². The molecular weight excluding hydrogens is 438 g/mol. The quantitative estimate of drug-likeness (QED) is 0.682. The highest BCUT2D eigenvalue weighted by molar-refractivity contribution is 6.24. The molecule has 0 radical (unpaired) electrons. The molecule has 5 rings (SSSR count). The van der Waals surface area contributed by atoms with Gasteiger partial charge < -0.3 is 9.84 Å². The minimum atomic E-state index is -1.25. The van der Waals surface area contributed by atoms with E-state index in [0.717, 1.165) is 16.3 Å². The van der Waals surface area contributed by atoms with Crippen molar-refractivity contribution in [1.29, 1.82) is 0 Å². The van der Waals surface area contributed by atoms with E-state index in [0.29, 0.717) is 30.6 Å². The molecule has 10 nitrogen and oxygen atoms in total. The number of amidine groups is 1. The van der Waals surface area contributed by atoms with Crippen molar-refractivity contribution in [1.82, 2.24) is 9.80 Å². The Morgan fingerprint density at radius 1 is 1.12 bits per heavy atom. The van der Waals surface area contributed by atoms with Crippen LogP contribution in [0.4, 0.5) is 10.5 Å². The van der Waals surface area contributed by atoms with Crippen LogP contribution in [0.2, 0.25) is 0 Å². The number of anilines is 1. The standard InChI is InChI=1S/C24H23N5O5/c1-15-12-27(16-8-10-18(11-9-16)34-17-6-4-3-5-7-17)23-25-21-20(28(23)13-15)22(32)29(14-19(30)31)24(33)26(21)2/h3-11,15,20H,12-14H2,1-2H3/p+1. The van der Waals surface area contributed by atoms with Gasteiger partial charge in [-0.2, -0.15) is 0 Å². The summed E-state index contributed by atoms with van der Waals surface area (Å²) in [5, 5.41) is 9.18. The minimum Gasteiger partial charge on any atom is -0.480 e. The van der Waals surface area contributed by atoms with Crippen molar-refractivity contribution in [3.8, 4) is 11.5 Å². The average molecular weight is 462 g/mol. The van der Waals surface area contributed by atoms with Crippen molar-refractivity contribution in [2.75, 3.05) is 31.6 Å². The van der Waals surface area contributed by atoms with Gasteiger partial charge in [-0.3, -0.25) is 14.5 Å². The summed E-state index contributed by atoms with van der Waals surface area (Å²) in [4.78, 5) is 45.8. The summed E-state index contributed by atoms with van der Waals surface area (Å²) < 4.78 is 7.74. The smallest absolute Gasteiger partial charge is 0.397 e. The molecule has 0 aliphatic carbocycles. The molecule has 3 heterocycles. The van der Waals surface area contributed by atoms with E-state index in [-0.39, 0.29) is 5.92 Å². The second kappa shape index (κ2) is 8.29. The second-order valence-electron chi connectivity index (χ2n) is 8.61. The van der Waals surface area contributed by atoms with Crippen LogP contribution in [-0.4, -0.2) is 81.9 Å². The van der Waals surface area contributed by atoms with Crippen LogP contribution in [0.1, 0.15) is 6.92 Å². The number of carbonyl (C=O) groups excluding carboxylic acids is 2. The van der Waals surface area contributed by atoms with Crippen molar-refractivity contribution in [3.63, 3.8) is 0 Å². The van der Waals surface area contributed by atoms with Gasteiger partial charge in [-0.15, -0.1) is 0 Å². The van der Waals surface area contributed by atoms with Gasteiger partial charge in [0.05, 0.1) is 13.1 Å². The summed E-state index contributed by atoms with van der Waals surface area (Å²) >= 11 is 0. The highest BCUT2D eigenvalue weighted by Crippen LogP contribution is 2.30. The molecule has 1 N–H and O–H groups in total. The summed E-state index contributed by atoms with van der Waals surface area (Å²) in [6, 6.07) is 15.6. The fourth-order valence-corrected chi connectivity index (χ4v) is 4.52. The Balaban J connectivity index is 1.46. The highest BCUT2D eigenvalue weighted by Gasteiger charge is 2.55. The molecule has 34 heavy (non-hydrogen) atoms. The number of likely N-dealkylation sites (N-methyl/N-ethyl adjacent to an activating group) is 1. The number of rotatable bonds is 5. The number of carboxylic acids is 1. The fourth-order valence-electron chi connectivity index (χ4n) is 4.52. The Bertz CT molecular complexity index is 1220. The van der Waals surface area contributed by atoms with Gasteiger partial charge in [-0.25, -0.2) is 19.2 Å². The molecule has 2 aromatic rings.